The zero-order valence-electron chi connectivity index (χ0n) is 33.4. The second kappa shape index (κ2) is 19.7. The minimum Gasteiger partial charge on any atom is -0.478 e. The van der Waals surface area contributed by atoms with Gasteiger partial charge in [0.2, 0.25) is 0 Å². The van der Waals surface area contributed by atoms with Gasteiger partial charge in [-0.2, -0.15) is 13.2 Å². The Kier molecular flexibility index (Phi) is 13.8. The number of nitrogens with one attached hydrogen (secondary N) is 2. The second-order valence-corrected chi connectivity index (χ2v) is 13.4. The van der Waals surface area contributed by atoms with E-state index in [2.05, 4.69) is 57.0 Å². The summed E-state index contributed by atoms with van der Waals surface area (Å²) in [7, 11) is 0. The van der Waals surface area contributed by atoms with E-state index < -0.39 is 17.7 Å². The molecule has 8 rings (SSSR count). The van der Waals surface area contributed by atoms with Gasteiger partial charge >= 0.3 is 12.1 Å². The van der Waals surface area contributed by atoms with Crippen molar-refractivity contribution < 1.29 is 27.9 Å². The molecule has 1 amide bonds. The van der Waals surface area contributed by atoms with Crippen LogP contribution in [0.2, 0.25) is 0 Å². The number of amides is 1. The van der Waals surface area contributed by atoms with Gasteiger partial charge in [-0.15, -0.1) is 10.2 Å². The fraction of sp³-hybridized carbons (Fsp3) is 0.116. The number of nitrogens with zero attached hydrogens (tertiary/aromatic N) is 10. The maximum Gasteiger partial charge on any atom is 0.416 e. The van der Waals surface area contributed by atoms with E-state index in [-0.39, 0.29) is 17.3 Å². The number of aromatic nitrogens is 10. The summed E-state index contributed by atoms with van der Waals surface area (Å²) in [6.45, 7) is 6.05. The average molecular weight is 842 g/mol. The van der Waals surface area contributed by atoms with E-state index in [1.165, 1.54) is 29.4 Å². The molecule has 0 spiro atoms. The largest absolute Gasteiger partial charge is 0.478 e. The molecule has 4 aromatic carbocycles. The van der Waals surface area contributed by atoms with Gasteiger partial charge < -0.3 is 10.8 Å². The van der Waals surface area contributed by atoms with E-state index >= 15 is 0 Å². The topological polar surface area (TPSA) is 217 Å². The number of carbonyl (C=O) groups is 2. The Hall–Kier alpha value is -8.19. The number of fused-ring (bicyclic) bond motifs is 2. The second-order valence-electron chi connectivity index (χ2n) is 13.4. The van der Waals surface area contributed by atoms with Crippen LogP contribution in [-0.4, -0.2) is 66.4 Å². The highest BCUT2D eigenvalue weighted by Gasteiger charge is 2.31. The zero-order valence-corrected chi connectivity index (χ0v) is 33.4. The first-order chi connectivity index (χ1) is 29.7. The lowest BCUT2D eigenvalue weighted by Gasteiger charge is -2.09. The Morgan fingerprint density at radius 1 is 0.694 bits per heavy atom. The summed E-state index contributed by atoms with van der Waals surface area (Å²) in [6.07, 6.45) is 6.44. The summed E-state index contributed by atoms with van der Waals surface area (Å²) in [4.78, 5) is 47.8. The SMILES string of the molecule is Cc1cc(-c2ncn(/C=C\C(=O)O)n2)cc(C(F)(F)F)c1.Cc1cc(C)cc(-c2ncn(/C=C\C(=O)NNc3cnc4ccccc4n3)n2)c1.NCc1cnc2ccccc2n1. The average Bonchev–Trinajstić information content (AvgIpc) is 3.94. The van der Waals surface area contributed by atoms with Crippen molar-refractivity contribution >= 4 is 52.2 Å². The highest BCUT2D eigenvalue weighted by atomic mass is 19.4. The number of aliphatic carboxylic acids is 1. The molecule has 0 unspecified atom stereocenters. The maximum absolute atomic E-state index is 12.8. The third-order valence-electron chi connectivity index (χ3n) is 8.38. The molecule has 0 radical (unpaired) electrons. The van der Waals surface area contributed by atoms with Crippen LogP contribution in [-0.2, 0) is 22.3 Å². The van der Waals surface area contributed by atoms with Crippen molar-refractivity contribution in [1.82, 2.24) is 54.9 Å². The Morgan fingerprint density at radius 3 is 1.77 bits per heavy atom. The van der Waals surface area contributed by atoms with Gasteiger partial charge in [-0.25, -0.2) is 34.1 Å². The van der Waals surface area contributed by atoms with Gasteiger partial charge in [0.15, 0.2) is 17.5 Å². The van der Waals surface area contributed by atoms with Crippen LogP contribution in [0.1, 0.15) is 27.9 Å². The molecule has 4 aromatic heterocycles. The first-order valence-corrected chi connectivity index (χ1v) is 18.6. The predicted octanol–water partition coefficient (Wildman–Crippen LogP) is 7.04. The molecule has 0 atom stereocenters. The first kappa shape index (κ1) is 43.4. The van der Waals surface area contributed by atoms with Crippen LogP contribution in [0.15, 0.2) is 122 Å². The highest BCUT2D eigenvalue weighted by Crippen LogP contribution is 2.32. The molecule has 0 fully saturated rings. The van der Waals surface area contributed by atoms with E-state index in [9.17, 15) is 22.8 Å². The lowest BCUT2D eigenvalue weighted by Crippen LogP contribution is -2.28. The molecule has 314 valence electrons. The minimum absolute atomic E-state index is 0.0826. The number of benzene rings is 4. The Morgan fingerprint density at radius 2 is 1.21 bits per heavy atom. The number of aryl methyl sites for hydroxylation is 3. The van der Waals surface area contributed by atoms with Gasteiger partial charge in [-0.3, -0.25) is 25.6 Å². The van der Waals surface area contributed by atoms with Crippen LogP contribution in [0, 0.1) is 20.8 Å². The van der Waals surface area contributed by atoms with Crippen molar-refractivity contribution in [2.75, 3.05) is 5.43 Å². The number of para-hydroxylation sites is 4. The highest BCUT2D eigenvalue weighted by molar-refractivity contribution is 5.90. The Labute approximate surface area is 351 Å². The smallest absolute Gasteiger partial charge is 0.416 e. The molecule has 62 heavy (non-hydrogen) atoms. The molecule has 5 N–H and O–H groups in total. The summed E-state index contributed by atoms with van der Waals surface area (Å²) in [6, 6.07) is 24.9. The number of carboxylic acids is 1. The summed E-state index contributed by atoms with van der Waals surface area (Å²) in [5.41, 5.74) is 18.0. The zero-order chi connectivity index (χ0) is 44.2. The standard InChI is InChI=1S/C21H19N7O.C13H10F3N3O2.C9H9N3/c1-14-9-15(2)11-16(10-14)21-23-13-28(27-21)8-7-20(29)26-25-19-12-22-17-5-3-4-6-18(17)24-19;1-8-4-9(6-10(5-8)13(14,15)16)12-17-7-19(18-12)3-2-11(20)21;10-5-7-6-11-8-3-1-2-4-9(8)12-7/h3-13H,1-2H3,(H,24,25)(H,26,29);2-7H,1H3,(H,20,21);1-4,6H,5,10H2/b8-7-;3-2-;. The fourth-order valence-electron chi connectivity index (χ4n) is 5.70. The van der Waals surface area contributed by atoms with Crippen molar-refractivity contribution in [1.29, 1.82) is 0 Å². The molecule has 4 heterocycles. The number of hydrazine groups is 1. The predicted molar refractivity (Wildman–Crippen MR) is 227 cm³/mol. The van der Waals surface area contributed by atoms with Crippen LogP contribution < -0.4 is 16.6 Å². The third-order valence-corrected chi connectivity index (χ3v) is 8.38. The lowest BCUT2D eigenvalue weighted by molar-refractivity contribution is -0.137. The number of nitrogens with two attached hydrogens (primary N) is 1. The Balaban J connectivity index is 0.000000169. The molecule has 0 aliphatic rings. The van der Waals surface area contributed by atoms with Gasteiger partial charge in [0, 0.05) is 42.2 Å². The van der Waals surface area contributed by atoms with E-state index in [0.29, 0.717) is 23.8 Å². The molecule has 0 aliphatic heterocycles. The molecule has 0 saturated heterocycles. The van der Waals surface area contributed by atoms with Crippen LogP contribution in [0.5, 0.6) is 0 Å². The fourth-order valence-corrected chi connectivity index (χ4v) is 5.70. The molecular formula is C43H38F3N13O3. The van der Waals surface area contributed by atoms with Gasteiger partial charge in [-0.1, -0.05) is 41.5 Å². The van der Waals surface area contributed by atoms with Crippen molar-refractivity contribution in [2.24, 2.45) is 5.73 Å². The summed E-state index contributed by atoms with van der Waals surface area (Å²) < 4.78 is 40.9. The third kappa shape index (κ3) is 12.2. The van der Waals surface area contributed by atoms with Crippen molar-refractivity contribution in [3.05, 3.63) is 150 Å². The van der Waals surface area contributed by atoms with Crippen molar-refractivity contribution in [3.63, 3.8) is 0 Å². The summed E-state index contributed by atoms with van der Waals surface area (Å²) in [5.74, 6) is -0.389. The molecular weight excluding hydrogens is 804 g/mol. The normalized spacial score (nSPS) is 11.3. The van der Waals surface area contributed by atoms with Crippen LogP contribution in [0.4, 0.5) is 19.0 Å². The van der Waals surface area contributed by atoms with Crippen molar-refractivity contribution in [3.8, 4) is 22.8 Å². The number of halogens is 3. The monoisotopic (exact) mass is 841 g/mol. The van der Waals surface area contributed by atoms with Crippen LogP contribution >= 0.6 is 0 Å². The molecule has 19 heteroatoms. The molecule has 0 saturated carbocycles. The van der Waals surface area contributed by atoms with Crippen molar-refractivity contribution in [2.45, 2.75) is 33.5 Å². The van der Waals surface area contributed by atoms with E-state index in [1.807, 2.05) is 74.5 Å². The maximum atomic E-state index is 12.8. The minimum atomic E-state index is -4.45. The van der Waals surface area contributed by atoms with Gasteiger partial charge in [0.1, 0.15) is 12.7 Å². The summed E-state index contributed by atoms with van der Waals surface area (Å²) in [5, 5.41) is 16.8. The lowest BCUT2D eigenvalue weighted by atomic mass is 10.1. The van der Waals surface area contributed by atoms with E-state index in [1.54, 1.807) is 25.6 Å². The van der Waals surface area contributed by atoms with Gasteiger partial charge in [0.05, 0.1) is 45.7 Å². The van der Waals surface area contributed by atoms with Gasteiger partial charge in [-0.05, 0) is 80.9 Å². The number of carbonyl (C=O) groups excluding carboxylic acids is 1. The van der Waals surface area contributed by atoms with Crippen LogP contribution in [0.3, 0.4) is 0 Å². The number of rotatable bonds is 9. The molecule has 16 nitrogen and oxygen atoms in total. The number of alkyl halides is 3. The quantitative estimate of drug-likeness (QED) is 0.0849. The Bertz CT molecular complexity index is 2890. The summed E-state index contributed by atoms with van der Waals surface area (Å²) >= 11 is 0. The van der Waals surface area contributed by atoms with E-state index in [4.69, 9.17) is 10.8 Å². The molecule has 8 aromatic rings. The van der Waals surface area contributed by atoms with E-state index in [0.717, 1.165) is 73.5 Å². The number of hydrogen-bond acceptors (Lipinski definition) is 12. The van der Waals surface area contributed by atoms with Gasteiger partial charge in [0.25, 0.3) is 5.91 Å². The first-order valence-electron chi connectivity index (χ1n) is 18.6. The number of carboxylic acid groups (broad SMARTS) is 1. The molecule has 0 aliphatic carbocycles. The number of anilines is 1. The van der Waals surface area contributed by atoms with Crippen LogP contribution in [0.25, 0.3) is 57.2 Å². The molecule has 0 bridgehead atoms. The number of hydrogen-bond donors (Lipinski definition) is 4.